The molecule has 0 atom stereocenters. The Morgan fingerprint density at radius 1 is 0.500 bits per heavy atom. The van der Waals surface area contributed by atoms with E-state index in [1.165, 1.54) is 25.7 Å². The van der Waals surface area contributed by atoms with E-state index < -0.39 is 34.6 Å². The van der Waals surface area contributed by atoms with Crippen LogP contribution in [0.5, 0.6) is 0 Å². The normalized spacial score (nSPS) is 10.4. The molecule has 0 nitrogen and oxygen atoms in total. The van der Waals surface area contributed by atoms with Crippen molar-refractivity contribution in [1.29, 1.82) is 0 Å². The van der Waals surface area contributed by atoms with E-state index in [0.717, 1.165) is 6.42 Å². The van der Waals surface area contributed by atoms with Gasteiger partial charge in [-0.25, -0.2) is 22.0 Å². The highest BCUT2D eigenvalue weighted by molar-refractivity contribution is 5.24. The topological polar surface area (TPSA) is 0 Å². The second-order valence-corrected chi connectivity index (χ2v) is 5.21. The van der Waals surface area contributed by atoms with E-state index >= 15 is 0 Å². The van der Waals surface area contributed by atoms with Gasteiger partial charge < -0.3 is 0 Å². The van der Waals surface area contributed by atoms with Gasteiger partial charge in [-0.1, -0.05) is 59.3 Å². The quantitative estimate of drug-likeness (QED) is 0.226. The maximum atomic E-state index is 13.1. The summed E-state index contributed by atoms with van der Waals surface area (Å²) in [5, 5.41) is 0. The molecule has 0 aliphatic rings. The van der Waals surface area contributed by atoms with E-state index in [4.69, 9.17) is 0 Å². The molecule has 0 unspecified atom stereocenters. The summed E-state index contributed by atoms with van der Waals surface area (Å²) in [5.74, 6) is -9.27. The Labute approximate surface area is 129 Å². The van der Waals surface area contributed by atoms with E-state index in [1.807, 2.05) is 6.92 Å². The molecule has 0 spiro atoms. The van der Waals surface area contributed by atoms with Gasteiger partial charge >= 0.3 is 0 Å². The van der Waals surface area contributed by atoms with Crippen LogP contribution < -0.4 is 0 Å². The van der Waals surface area contributed by atoms with Gasteiger partial charge in [0.05, 0.1) is 0 Å². The fourth-order valence-electron chi connectivity index (χ4n) is 1.92. The van der Waals surface area contributed by atoms with Crippen molar-refractivity contribution < 1.29 is 22.0 Å². The van der Waals surface area contributed by atoms with Gasteiger partial charge in [-0.15, -0.1) is 0 Å². The molecular weight excluding hydrogens is 299 g/mol. The Morgan fingerprint density at radius 3 is 1.18 bits per heavy atom. The lowest BCUT2D eigenvalue weighted by atomic mass is 10.1. The van der Waals surface area contributed by atoms with Crippen molar-refractivity contribution in [1.82, 2.24) is 0 Å². The Kier molecular flexibility index (Phi) is 10.9. The van der Waals surface area contributed by atoms with Crippen molar-refractivity contribution in [3.05, 3.63) is 34.6 Å². The average Bonchev–Trinajstić information content (AvgIpc) is 2.53. The molecule has 0 aliphatic carbocycles. The Morgan fingerprint density at radius 2 is 0.818 bits per heavy atom. The monoisotopic (exact) mass is 324 g/mol. The van der Waals surface area contributed by atoms with Crippen LogP contribution in [0.15, 0.2) is 0 Å². The second-order valence-electron chi connectivity index (χ2n) is 5.21. The smallest absolute Gasteiger partial charge is 0.200 e. The van der Waals surface area contributed by atoms with Crippen LogP contribution in [0.1, 0.15) is 71.3 Å². The minimum atomic E-state index is -2.10. The third kappa shape index (κ3) is 6.32. The number of unbranched alkanes of at least 4 members (excludes halogenated alkanes) is 5. The van der Waals surface area contributed by atoms with Gasteiger partial charge in [0.1, 0.15) is 0 Å². The van der Waals surface area contributed by atoms with Gasteiger partial charge in [0.15, 0.2) is 23.3 Å². The van der Waals surface area contributed by atoms with Crippen LogP contribution in [-0.2, 0) is 6.42 Å². The molecule has 0 aromatic heterocycles. The van der Waals surface area contributed by atoms with E-state index in [1.54, 1.807) is 0 Å². The SMILES string of the molecule is CCCCCC.CCCCCc1c(F)c(F)c(F)c(F)c1F. The minimum Gasteiger partial charge on any atom is -0.203 e. The van der Waals surface area contributed by atoms with E-state index in [9.17, 15) is 22.0 Å². The lowest BCUT2D eigenvalue weighted by molar-refractivity contribution is 0.369. The standard InChI is InChI=1S/C11H11F5.C6H14/c1-2-3-4-5-6-7(12)9(14)11(16)10(15)8(6)13;1-3-5-6-4-2/h2-5H2,1H3;3-6H2,1-2H3. The number of rotatable bonds is 7. The molecule has 1 rings (SSSR count). The molecule has 0 fully saturated rings. The molecular formula is C17H25F5. The fourth-order valence-corrected chi connectivity index (χ4v) is 1.92. The first-order valence-corrected chi connectivity index (χ1v) is 7.92. The summed E-state index contributed by atoms with van der Waals surface area (Å²) in [6.45, 7) is 6.34. The van der Waals surface area contributed by atoms with Gasteiger partial charge in [-0.05, 0) is 12.8 Å². The van der Waals surface area contributed by atoms with Crippen LogP contribution in [0.2, 0.25) is 0 Å². The third-order valence-corrected chi connectivity index (χ3v) is 3.29. The second kappa shape index (κ2) is 11.4. The predicted molar refractivity (Wildman–Crippen MR) is 79.3 cm³/mol. The van der Waals surface area contributed by atoms with E-state index in [0.29, 0.717) is 12.8 Å². The van der Waals surface area contributed by atoms with Gasteiger partial charge in [0, 0.05) is 5.56 Å². The molecule has 5 heteroatoms. The Balaban J connectivity index is 0.000000626. The van der Waals surface area contributed by atoms with Crippen LogP contribution in [0.4, 0.5) is 22.0 Å². The summed E-state index contributed by atoms with van der Waals surface area (Å²) in [5.41, 5.74) is -0.718. The molecule has 1 aromatic carbocycles. The zero-order valence-electron chi connectivity index (χ0n) is 13.5. The lowest BCUT2D eigenvalue weighted by Gasteiger charge is -2.07. The number of hydrogen-bond donors (Lipinski definition) is 0. The summed E-state index contributed by atoms with van der Waals surface area (Å²) in [4.78, 5) is 0. The van der Waals surface area contributed by atoms with Gasteiger partial charge in [-0.3, -0.25) is 0 Å². The molecule has 0 heterocycles. The molecule has 0 saturated heterocycles. The molecule has 0 amide bonds. The molecule has 0 saturated carbocycles. The Bertz CT molecular complexity index is 410. The first-order valence-electron chi connectivity index (χ1n) is 7.92. The van der Waals surface area contributed by atoms with Gasteiger partial charge in [0.25, 0.3) is 0 Å². The maximum absolute atomic E-state index is 13.1. The number of benzene rings is 1. The molecule has 22 heavy (non-hydrogen) atoms. The maximum Gasteiger partial charge on any atom is 0.200 e. The van der Waals surface area contributed by atoms with E-state index in [2.05, 4.69) is 13.8 Å². The molecule has 1 aromatic rings. The van der Waals surface area contributed by atoms with Crippen molar-refractivity contribution >= 4 is 0 Å². The molecule has 0 N–H and O–H groups in total. The molecule has 128 valence electrons. The van der Waals surface area contributed by atoms with Crippen molar-refractivity contribution in [2.45, 2.75) is 72.1 Å². The van der Waals surface area contributed by atoms with Crippen molar-refractivity contribution in [3.8, 4) is 0 Å². The highest BCUT2D eigenvalue weighted by Gasteiger charge is 2.24. The van der Waals surface area contributed by atoms with Gasteiger partial charge in [0.2, 0.25) is 5.82 Å². The summed E-state index contributed by atoms with van der Waals surface area (Å²) in [6, 6.07) is 0. The third-order valence-electron chi connectivity index (χ3n) is 3.29. The van der Waals surface area contributed by atoms with Crippen molar-refractivity contribution in [3.63, 3.8) is 0 Å². The number of hydrogen-bond acceptors (Lipinski definition) is 0. The zero-order chi connectivity index (χ0) is 17.1. The van der Waals surface area contributed by atoms with Gasteiger partial charge in [-0.2, -0.15) is 0 Å². The highest BCUT2D eigenvalue weighted by Crippen LogP contribution is 2.24. The van der Waals surface area contributed by atoms with Crippen molar-refractivity contribution in [2.75, 3.05) is 0 Å². The predicted octanol–water partition coefficient (Wildman–Crippen LogP) is 6.70. The van der Waals surface area contributed by atoms with Crippen LogP contribution in [-0.4, -0.2) is 0 Å². The average molecular weight is 324 g/mol. The van der Waals surface area contributed by atoms with Crippen LogP contribution in [0.3, 0.4) is 0 Å². The minimum absolute atomic E-state index is 0.139. The first-order chi connectivity index (χ1) is 10.4. The Hall–Kier alpha value is -1.13. The first kappa shape index (κ1) is 20.9. The lowest BCUT2D eigenvalue weighted by Crippen LogP contribution is -2.07. The molecule has 0 aliphatic heterocycles. The largest absolute Gasteiger partial charge is 0.203 e. The van der Waals surface area contributed by atoms with E-state index in [-0.39, 0.29) is 6.42 Å². The summed E-state index contributed by atoms with van der Waals surface area (Å²) in [7, 11) is 0. The molecule has 0 bridgehead atoms. The van der Waals surface area contributed by atoms with Crippen LogP contribution in [0, 0.1) is 29.1 Å². The fraction of sp³-hybridized carbons (Fsp3) is 0.647. The molecule has 0 radical (unpaired) electrons. The van der Waals surface area contributed by atoms with Crippen LogP contribution >= 0.6 is 0 Å². The summed E-state index contributed by atoms with van der Waals surface area (Å²) >= 11 is 0. The zero-order valence-corrected chi connectivity index (χ0v) is 13.5. The van der Waals surface area contributed by atoms with Crippen LogP contribution in [0.25, 0.3) is 0 Å². The summed E-state index contributed by atoms with van der Waals surface area (Å²) in [6.07, 6.45) is 7.28. The number of halogens is 5. The summed E-state index contributed by atoms with van der Waals surface area (Å²) < 4.78 is 64.4. The highest BCUT2D eigenvalue weighted by atomic mass is 19.2. The van der Waals surface area contributed by atoms with Crippen molar-refractivity contribution in [2.24, 2.45) is 0 Å².